The fourth-order valence-electron chi connectivity index (χ4n) is 0.403. The smallest absolute Gasteiger partial charge is 0.244 e. The number of halogens is 4. The van der Waals surface area contributed by atoms with Crippen LogP contribution in [0.25, 0.3) is 0 Å². The van der Waals surface area contributed by atoms with Gasteiger partial charge in [0.2, 0.25) is 0 Å². The lowest BCUT2D eigenvalue weighted by Crippen LogP contribution is -2.32. The van der Waals surface area contributed by atoms with Crippen LogP contribution in [-0.2, 0) is 0 Å². The van der Waals surface area contributed by atoms with Gasteiger partial charge in [0, 0.05) is 6.92 Å². The Morgan fingerprint density at radius 3 is 1.56 bits per heavy atom. The van der Waals surface area contributed by atoms with Crippen molar-refractivity contribution < 1.29 is 17.6 Å². The molecule has 9 heavy (non-hydrogen) atoms. The van der Waals surface area contributed by atoms with Gasteiger partial charge in [-0.3, -0.25) is 0 Å². The van der Waals surface area contributed by atoms with Crippen LogP contribution in [0.15, 0.2) is 0 Å². The van der Waals surface area contributed by atoms with E-state index >= 15 is 0 Å². The highest BCUT2D eigenvalue weighted by molar-refractivity contribution is 4.75. The minimum atomic E-state index is -3.56. The molecule has 0 saturated carbocycles. The van der Waals surface area contributed by atoms with Crippen molar-refractivity contribution in [3.05, 3.63) is 0 Å². The molecule has 0 spiro atoms. The van der Waals surface area contributed by atoms with Crippen molar-refractivity contribution in [1.82, 2.24) is 0 Å². The van der Waals surface area contributed by atoms with Gasteiger partial charge in [0.15, 0.2) is 6.17 Å². The van der Waals surface area contributed by atoms with Crippen LogP contribution in [0.3, 0.4) is 0 Å². The van der Waals surface area contributed by atoms with E-state index in [0.29, 0.717) is 6.92 Å². The van der Waals surface area contributed by atoms with E-state index < -0.39 is 18.3 Å². The zero-order chi connectivity index (χ0) is 7.65. The van der Waals surface area contributed by atoms with Gasteiger partial charge < -0.3 is 0 Å². The predicted octanol–water partition coefficient (Wildman–Crippen LogP) is 2.34. The van der Waals surface area contributed by atoms with Crippen molar-refractivity contribution in [3.63, 3.8) is 0 Å². The highest BCUT2D eigenvalue weighted by Crippen LogP contribution is 2.24. The first-order valence-electron chi connectivity index (χ1n) is 2.51. The molecule has 0 saturated heterocycles. The third-order valence-electron chi connectivity index (χ3n) is 0.888. The second-order valence-corrected chi connectivity index (χ2v) is 2.04. The molecule has 4 heteroatoms. The van der Waals surface area contributed by atoms with Crippen LogP contribution in [0.2, 0.25) is 0 Å². The van der Waals surface area contributed by atoms with Crippen molar-refractivity contribution in [3.8, 4) is 0 Å². The van der Waals surface area contributed by atoms with Gasteiger partial charge in [-0.1, -0.05) is 0 Å². The van der Waals surface area contributed by atoms with E-state index in [1.54, 1.807) is 0 Å². The van der Waals surface area contributed by atoms with Gasteiger partial charge in [-0.25, -0.2) is 17.6 Å². The van der Waals surface area contributed by atoms with Crippen LogP contribution >= 0.6 is 0 Å². The maximum atomic E-state index is 11.9. The molecule has 0 rings (SSSR count). The normalized spacial score (nSPS) is 19.3. The maximum absolute atomic E-state index is 11.9. The summed E-state index contributed by atoms with van der Waals surface area (Å²) in [7, 11) is 0. The molecule has 0 aromatic carbocycles. The Balaban J connectivity index is 3.88. The Bertz CT molecular complexity index is 83.4. The van der Waals surface area contributed by atoms with Crippen LogP contribution in [0.4, 0.5) is 17.6 Å². The van der Waals surface area contributed by atoms with Gasteiger partial charge in [0.25, 0.3) is 5.92 Å². The van der Waals surface area contributed by atoms with E-state index in [2.05, 4.69) is 0 Å². The van der Waals surface area contributed by atoms with Crippen molar-refractivity contribution in [2.45, 2.75) is 32.1 Å². The maximum Gasteiger partial charge on any atom is 0.278 e. The molecule has 0 nitrogen and oxygen atoms in total. The molecule has 0 amide bonds. The summed E-state index contributed by atoms with van der Waals surface area (Å²) in [6, 6.07) is 0. The molecule has 0 aliphatic carbocycles. The second-order valence-electron chi connectivity index (χ2n) is 2.04. The first kappa shape index (κ1) is 8.72. The SMILES string of the molecule is CC(F)C(F)C(C)(F)F. The number of hydrogen-bond donors (Lipinski definition) is 0. The van der Waals surface area contributed by atoms with Gasteiger partial charge in [0.05, 0.1) is 0 Å². The fourth-order valence-corrected chi connectivity index (χ4v) is 0.403. The van der Waals surface area contributed by atoms with Gasteiger partial charge in [-0.15, -0.1) is 0 Å². The first-order valence-corrected chi connectivity index (χ1v) is 2.51. The molecule has 0 fully saturated rings. The Hall–Kier alpha value is -0.280. The van der Waals surface area contributed by atoms with E-state index in [9.17, 15) is 17.6 Å². The lowest BCUT2D eigenvalue weighted by molar-refractivity contribution is -0.0805. The molecular formula is C5H8F4. The molecule has 0 aliphatic heterocycles. The molecule has 0 bridgehead atoms. The molecule has 2 atom stereocenters. The molecule has 2 unspecified atom stereocenters. The second kappa shape index (κ2) is 2.54. The Kier molecular flexibility index (Phi) is 2.46. The van der Waals surface area contributed by atoms with E-state index in [0.717, 1.165) is 6.92 Å². The van der Waals surface area contributed by atoms with Crippen LogP contribution in [0.5, 0.6) is 0 Å². The summed E-state index contributed by atoms with van der Waals surface area (Å²) in [5.41, 5.74) is 0. The molecule has 56 valence electrons. The molecule has 0 aliphatic rings. The standard InChI is InChI=1S/C5H8F4/c1-3(6)4(7)5(2,8)9/h3-4H,1-2H3. The van der Waals surface area contributed by atoms with Crippen molar-refractivity contribution in [2.24, 2.45) is 0 Å². The van der Waals surface area contributed by atoms with Crippen LogP contribution in [0.1, 0.15) is 13.8 Å². The Labute approximate surface area is 50.9 Å². The summed E-state index contributed by atoms with van der Waals surface area (Å²) in [6.45, 7) is 1.12. The third kappa shape index (κ3) is 2.67. The largest absolute Gasteiger partial charge is 0.278 e. The zero-order valence-corrected chi connectivity index (χ0v) is 5.17. The highest BCUT2D eigenvalue weighted by atomic mass is 19.3. The van der Waals surface area contributed by atoms with E-state index in [-0.39, 0.29) is 0 Å². The average molecular weight is 144 g/mol. The quantitative estimate of drug-likeness (QED) is 0.522. The summed E-state index contributed by atoms with van der Waals surface area (Å²) in [4.78, 5) is 0. The van der Waals surface area contributed by atoms with E-state index in [4.69, 9.17) is 0 Å². The van der Waals surface area contributed by atoms with Crippen molar-refractivity contribution in [2.75, 3.05) is 0 Å². The monoisotopic (exact) mass is 144 g/mol. The molecular weight excluding hydrogens is 136 g/mol. The molecule has 0 N–H and O–H groups in total. The van der Waals surface area contributed by atoms with E-state index in [1.807, 2.05) is 0 Å². The number of alkyl halides is 4. The Morgan fingerprint density at radius 2 is 1.56 bits per heavy atom. The summed E-state index contributed by atoms with van der Waals surface area (Å²) >= 11 is 0. The molecule has 0 heterocycles. The minimum Gasteiger partial charge on any atom is -0.244 e. The minimum absolute atomic E-state index is 0.355. The molecule has 0 aromatic rings. The highest BCUT2D eigenvalue weighted by Gasteiger charge is 2.38. The Morgan fingerprint density at radius 1 is 1.22 bits per heavy atom. The summed E-state index contributed by atoms with van der Waals surface area (Å²) < 4.78 is 47.1. The number of hydrogen-bond acceptors (Lipinski definition) is 0. The van der Waals surface area contributed by atoms with Crippen LogP contribution in [0, 0.1) is 0 Å². The third-order valence-corrected chi connectivity index (χ3v) is 0.888. The topological polar surface area (TPSA) is 0 Å². The number of rotatable bonds is 2. The van der Waals surface area contributed by atoms with Crippen molar-refractivity contribution in [1.29, 1.82) is 0 Å². The van der Waals surface area contributed by atoms with Crippen molar-refractivity contribution >= 4 is 0 Å². The van der Waals surface area contributed by atoms with Gasteiger partial charge in [-0.2, -0.15) is 0 Å². The fraction of sp³-hybridized carbons (Fsp3) is 1.00. The lowest BCUT2D eigenvalue weighted by Gasteiger charge is -2.15. The zero-order valence-electron chi connectivity index (χ0n) is 5.17. The summed E-state index contributed by atoms with van der Waals surface area (Å²) in [5, 5.41) is 0. The van der Waals surface area contributed by atoms with Gasteiger partial charge in [-0.05, 0) is 6.92 Å². The lowest BCUT2D eigenvalue weighted by atomic mass is 10.2. The van der Waals surface area contributed by atoms with E-state index in [1.165, 1.54) is 0 Å². The van der Waals surface area contributed by atoms with Gasteiger partial charge in [0.1, 0.15) is 6.17 Å². The van der Waals surface area contributed by atoms with Gasteiger partial charge >= 0.3 is 0 Å². The summed E-state index contributed by atoms with van der Waals surface area (Å²) in [5.74, 6) is -3.56. The predicted molar refractivity (Wildman–Crippen MR) is 26.1 cm³/mol. The average Bonchev–Trinajstić information content (AvgIpc) is 1.62. The molecule has 0 aromatic heterocycles. The summed E-state index contributed by atoms with van der Waals surface area (Å²) in [6.07, 6.45) is -4.79. The molecule has 0 radical (unpaired) electrons. The van der Waals surface area contributed by atoms with Crippen LogP contribution < -0.4 is 0 Å². The van der Waals surface area contributed by atoms with Crippen LogP contribution in [-0.4, -0.2) is 18.3 Å². The first-order chi connectivity index (χ1) is 3.85.